The van der Waals surface area contributed by atoms with Crippen molar-refractivity contribution in [1.82, 2.24) is 24.4 Å². The Balaban J connectivity index is 1.68. The van der Waals surface area contributed by atoms with E-state index in [1.165, 1.54) is 28.0 Å². The van der Waals surface area contributed by atoms with E-state index in [-0.39, 0.29) is 12.5 Å². The summed E-state index contributed by atoms with van der Waals surface area (Å²) < 4.78 is 45.7. The Morgan fingerprint density at radius 3 is 2.39 bits per heavy atom. The molecule has 33 heavy (non-hydrogen) atoms. The number of fused-ring (bicyclic) bond motifs is 1. The van der Waals surface area contributed by atoms with E-state index in [0.717, 1.165) is 12.1 Å². The van der Waals surface area contributed by atoms with E-state index in [1.54, 1.807) is 11.8 Å². The van der Waals surface area contributed by atoms with Gasteiger partial charge in [0.1, 0.15) is 0 Å². The molecule has 1 N–H and O–H groups in total. The second kappa shape index (κ2) is 9.18. The van der Waals surface area contributed by atoms with Crippen molar-refractivity contribution in [2.24, 2.45) is 0 Å². The lowest BCUT2D eigenvalue weighted by Crippen LogP contribution is -2.49. The lowest BCUT2D eigenvalue weighted by Gasteiger charge is -2.38. The van der Waals surface area contributed by atoms with Gasteiger partial charge < -0.3 is 14.7 Å². The highest BCUT2D eigenvalue weighted by atomic mass is 32.1. The zero-order valence-corrected chi connectivity index (χ0v) is 19.0. The van der Waals surface area contributed by atoms with Crippen LogP contribution in [-0.2, 0) is 17.3 Å². The predicted molar refractivity (Wildman–Crippen MR) is 115 cm³/mol. The molecule has 1 saturated heterocycles. The third kappa shape index (κ3) is 4.62. The number of carbonyl (C=O) groups excluding carboxylic acids is 1. The number of piperazine rings is 1. The molecular formula is C21H24F3N5O3S. The third-order valence-electron chi connectivity index (χ3n) is 5.57. The van der Waals surface area contributed by atoms with Gasteiger partial charge in [-0.25, -0.2) is 9.78 Å². The van der Waals surface area contributed by atoms with Gasteiger partial charge in [-0.2, -0.15) is 17.7 Å². The Kier molecular flexibility index (Phi) is 6.48. The van der Waals surface area contributed by atoms with Crippen LogP contribution >= 0.6 is 11.3 Å². The molecule has 1 aliphatic rings. The molecule has 3 heterocycles. The van der Waals surface area contributed by atoms with E-state index in [9.17, 15) is 23.1 Å². The molecule has 1 amide bonds. The highest BCUT2D eigenvalue weighted by molar-refractivity contribution is 7.17. The number of alkyl halides is 3. The van der Waals surface area contributed by atoms with Gasteiger partial charge in [0, 0.05) is 32.6 Å². The summed E-state index contributed by atoms with van der Waals surface area (Å²) in [6, 6.07) is 4.42. The second-order valence-electron chi connectivity index (χ2n) is 7.61. The number of hydrogen-bond acceptors (Lipinski definition) is 7. The van der Waals surface area contributed by atoms with Crippen molar-refractivity contribution in [3.8, 4) is 5.88 Å². The van der Waals surface area contributed by atoms with Crippen LogP contribution in [0.2, 0.25) is 0 Å². The first-order chi connectivity index (χ1) is 15.7. The van der Waals surface area contributed by atoms with Crippen molar-refractivity contribution >= 4 is 22.4 Å². The third-order valence-corrected chi connectivity index (χ3v) is 6.64. The first kappa shape index (κ1) is 23.3. The average Bonchev–Trinajstić information content (AvgIpc) is 3.33. The number of aromatic nitrogens is 3. The minimum atomic E-state index is -4.44. The number of carbonyl (C=O) groups is 1. The van der Waals surface area contributed by atoms with Gasteiger partial charge in [-0.05, 0) is 24.6 Å². The lowest BCUT2D eigenvalue weighted by molar-refractivity contribution is -0.137. The minimum absolute atomic E-state index is 0.0834. The Bertz CT molecular complexity index is 1120. The zero-order valence-electron chi connectivity index (χ0n) is 18.2. The Morgan fingerprint density at radius 2 is 1.85 bits per heavy atom. The number of benzene rings is 1. The highest BCUT2D eigenvalue weighted by Crippen LogP contribution is 2.41. The van der Waals surface area contributed by atoms with E-state index in [4.69, 9.17) is 4.74 Å². The van der Waals surface area contributed by atoms with Crippen LogP contribution < -0.4 is 0 Å². The molecule has 12 heteroatoms. The molecule has 0 radical (unpaired) electrons. The molecule has 1 aliphatic heterocycles. The van der Waals surface area contributed by atoms with E-state index in [1.807, 2.05) is 11.8 Å². The smallest absolute Gasteiger partial charge is 0.416 e. The van der Waals surface area contributed by atoms with E-state index < -0.39 is 23.9 Å². The summed E-state index contributed by atoms with van der Waals surface area (Å²) in [4.78, 5) is 21.2. The second-order valence-corrected chi connectivity index (χ2v) is 8.62. The SMILES string of the molecule is CCOC(=O)N1CCN(C(c2ccc(C(F)(F)F)cc2)c2sc3nc(CC)nn3c2O)CC1. The predicted octanol–water partition coefficient (Wildman–Crippen LogP) is 3.94. The number of ether oxygens (including phenoxy) is 1. The summed E-state index contributed by atoms with van der Waals surface area (Å²) in [5, 5.41) is 15.2. The minimum Gasteiger partial charge on any atom is -0.492 e. The molecule has 0 aliphatic carbocycles. The van der Waals surface area contributed by atoms with Gasteiger partial charge in [-0.15, -0.1) is 5.10 Å². The molecule has 1 fully saturated rings. The fourth-order valence-electron chi connectivity index (χ4n) is 3.88. The number of aromatic hydroxyl groups is 1. The van der Waals surface area contributed by atoms with Gasteiger partial charge in [0.25, 0.3) is 0 Å². The number of amides is 1. The first-order valence-corrected chi connectivity index (χ1v) is 11.4. The fourth-order valence-corrected chi connectivity index (χ4v) is 5.01. The topological polar surface area (TPSA) is 83.2 Å². The highest BCUT2D eigenvalue weighted by Gasteiger charge is 2.34. The van der Waals surface area contributed by atoms with Crippen molar-refractivity contribution in [3.05, 3.63) is 46.1 Å². The number of aryl methyl sites for hydroxylation is 1. The van der Waals surface area contributed by atoms with Crippen LogP contribution in [0.3, 0.4) is 0 Å². The summed E-state index contributed by atoms with van der Waals surface area (Å²) in [6.45, 7) is 5.64. The summed E-state index contributed by atoms with van der Waals surface area (Å²) in [5.41, 5.74) is -0.139. The van der Waals surface area contributed by atoms with Crippen LogP contribution in [0.25, 0.3) is 4.96 Å². The van der Waals surface area contributed by atoms with E-state index in [0.29, 0.717) is 53.8 Å². The number of thiazole rings is 1. The number of rotatable bonds is 5. The van der Waals surface area contributed by atoms with Crippen LogP contribution in [0.4, 0.5) is 18.0 Å². The van der Waals surface area contributed by atoms with Gasteiger partial charge in [-0.1, -0.05) is 30.4 Å². The number of hydrogen-bond donors (Lipinski definition) is 1. The molecule has 2 aromatic heterocycles. The molecule has 0 saturated carbocycles. The molecule has 178 valence electrons. The van der Waals surface area contributed by atoms with Crippen LogP contribution in [0, 0.1) is 0 Å². The molecule has 1 atom stereocenters. The molecule has 1 aromatic carbocycles. The zero-order chi connectivity index (χ0) is 23.8. The normalized spacial score (nSPS) is 16.3. The summed E-state index contributed by atoms with van der Waals surface area (Å²) in [7, 11) is 0. The van der Waals surface area contributed by atoms with Crippen molar-refractivity contribution in [2.75, 3.05) is 32.8 Å². The molecule has 0 bridgehead atoms. The fraction of sp³-hybridized carbons (Fsp3) is 0.476. The van der Waals surface area contributed by atoms with Gasteiger partial charge in [0.2, 0.25) is 10.8 Å². The van der Waals surface area contributed by atoms with E-state index in [2.05, 4.69) is 10.1 Å². The molecule has 3 aromatic rings. The maximum absolute atomic E-state index is 13.1. The molecule has 4 rings (SSSR count). The standard InChI is InChI=1S/C21H24F3N5O3S/c1-3-15-25-19-29(26-15)18(30)17(33-19)16(13-5-7-14(8-6-13)21(22,23)24)27-9-11-28(12-10-27)20(31)32-4-2/h5-8,16,30H,3-4,9-12H2,1-2H3. The summed E-state index contributed by atoms with van der Waals surface area (Å²) in [5.74, 6) is 0.511. The first-order valence-electron chi connectivity index (χ1n) is 10.6. The van der Waals surface area contributed by atoms with E-state index >= 15 is 0 Å². The summed E-state index contributed by atoms with van der Waals surface area (Å²) >= 11 is 1.25. The molecule has 0 spiro atoms. The molecule has 8 nitrogen and oxygen atoms in total. The van der Waals surface area contributed by atoms with Crippen molar-refractivity contribution in [2.45, 2.75) is 32.5 Å². The van der Waals surface area contributed by atoms with Gasteiger partial charge >= 0.3 is 12.3 Å². The summed E-state index contributed by atoms with van der Waals surface area (Å²) in [6.07, 6.45) is -4.22. The Hall–Kier alpha value is -2.86. The van der Waals surface area contributed by atoms with Gasteiger partial charge in [0.05, 0.1) is 23.1 Å². The van der Waals surface area contributed by atoms with Crippen LogP contribution in [0.15, 0.2) is 24.3 Å². The maximum Gasteiger partial charge on any atom is 0.416 e. The maximum atomic E-state index is 13.1. The van der Waals surface area contributed by atoms with Crippen LogP contribution in [0.5, 0.6) is 5.88 Å². The average molecular weight is 484 g/mol. The lowest BCUT2D eigenvalue weighted by atomic mass is 10.0. The largest absolute Gasteiger partial charge is 0.492 e. The van der Waals surface area contributed by atoms with Crippen LogP contribution in [0.1, 0.15) is 41.7 Å². The quantitative estimate of drug-likeness (QED) is 0.592. The number of halogens is 3. The monoisotopic (exact) mass is 483 g/mol. The van der Waals surface area contributed by atoms with Crippen molar-refractivity contribution in [1.29, 1.82) is 0 Å². The van der Waals surface area contributed by atoms with Crippen molar-refractivity contribution in [3.63, 3.8) is 0 Å². The van der Waals surface area contributed by atoms with Gasteiger partial charge in [-0.3, -0.25) is 4.90 Å². The Morgan fingerprint density at radius 1 is 1.18 bits per heavy atom. The van der Waals surface area contributed by atoms with Crippen LogP contribution in [-0.4, -0.2) is 68.4 Å². The molecule has 1 unspecified atom stereocenters. The molecular weight excluding hydrogens is 459 g/mol. The number of nitrogens with zero attached hydrogens (tertiary/aromatic N) is 5. The van der Waals surface area contributed by atoms with Crippen molar-refractivity contribution < 1.29 is 27.8 Å². The van der Waals surface area contributed by atoms with Gasteiger partial charge in [0.15, 0.2) is 5.82 Å². The Labute approximate surface area is 192 Å².